The van der Waals surface area contributed by atoms with E-state index in [0.29, 0.717) is 26.0 Å². The van der Waals surface area contributed by atoms with Crippen molar-refractivity contribution in [1.29, 1.82) is 0 Å². The lowest BCUT2D eigenvalue weighted by atomic mass is 10.1. The average molecular weight is 255 g/mol. The molecule has 0 spiro atoms. The van der Waals surface area contributed by atoms with Crippen LogP contribution < -0.4 is 0 Å². The third kappa shape index (κ3) is 4.13. The molecule has 1 atom stereocenters. The summed E-state index contributed by atoms with van der Waals surface area (Å²) < 4.78 is 4.81. The molecule has 1 heterocycles. The number of carbonyl (C=O) groups is 3. The molecule has 0 radical (unpaired) electrons. The van der Waals surface area contributed by atoms with E-state index in [1.165, 1.54) is 4.90 Å². The van der Waals surface area contributed by atoms with Gasteiger partial charge >= 0.3 is 5.97 Å². The minimum absolute atomic E-state index is 0.0645. The van der Waals surface area contributed by atoms with Crippen LogP contribution in [0.4, 0.5) is 0 Å². The van der Waals surface area contributed by atoms with Gasteiger partial charge in [0, 0.05) is 25.3 Å². The Morgan fingerprint density at radius 3 is 2.61 bits per heavy atom. The van der Waals surface area contributed by atoms with Crippen LogP contribution in [-0.4, -0.2) is 35.8 Å². The van der Waals surface area contributed by atoms with E-state index in [0.717, 1.165) is 19.3 Å². The molecule has 1 rings (SSSR count). The van der Waals surface area contributed by atoms with Crippen LogP contribution in [0.1, 0.15) is 46.0 Å². The Labute approximate surface area is 107 Å². The first-order valence-corrected chi connectivity index (χ1v) is 6.56. The molecule has 0 bridgehead atoms. The molecule has 0 aromatic rings. The SMILES string of the molecule is CCOC(=O)CCCCCN1C(=O)CC(C)C1=O. The second-order valence-electron chi connectivity index (χ2n) is 4.60. The lowest BCUT2D eigenvalue weighted by Gasteiger charge is -2.13. The molecule has 1 aliphatic rings. The van der Waals surface area contributed by atoms with Crippen molar-refractivity contribution >= 4 is 17.8 Å². The second kappa shape index (κ2) is 7.13. The Bertz CT molecular complexity index is 327. The van der Waals surface area contributed by atoms with Crippen LogP contribution in [0, 0.1) is 5.92 Å². The van der Waals surface area contributed by atoms with E-state index in [-0.39, 0.29) is 23.7 Å². The number of hydrogen-bond acceptors (Lipinski definition) is 4. The fourth-order valence-electron chi connectivity index (χ4n) is 2.03. The Morgan fingerprint density at radius 2 is 2.06 bits per heavy atom. The fourth-order valence-corrected chi connectivity index (χ4v) is 2.03. The summed E-state index contributed by atoms with van der Waals surface area (Å²) in [6.45, 7) is 4.45. The summed E-state index contributed by atoms with van der Waals surface area (Å²) in [5, 5.41) is 0. The van der Waals surface area contributed by atoms with Crippen LogP contribution in [0.3, 0.4) is 0 Å². The zero-order chi connectivity index (χ0) is 13.5. The van der Waals surface area contributed by atoms with E-state index in [2.05, 4.69) is 0 Å². The van der Waals surface area contributed by atoms with Gasteiger partial charge in [-0.25, -0.2) is 0 Å². The number of carbonyl (C=O) groups excluding carboxylic acids is 3. The first-order valence-electron chi connectivity index (χ1n) is 6.56. The number of esters is 1. The van der Waals surface area contributed by atoms with Gasteiger partial charge in [0.2, 0.25) is 11.8 Å². The summed E-state index contributed by atoms with van der Waals surface area (Å²) >= 11 is 0. The number of amides is 2. The van der Waals surface area contributed by atoms with Crippen LogP contribution in [0.25, 0.3) is 0 Å². The van der Waals surface area contributed by atoms with Gasteiger partial charge in [-0.15, -0.1) is 0 Å². The minimum atomic E-state index is -0.181. The summed E-state index contributed by atoms with van der Waals surface area (Å²) in [5.41, 5.74) is 0. The molecule has 0 aromatic heterocycles. The molecular formula is C13H21NO4. The van der Waals surface area contributed by atoms with E-state index in [4.69, 9.17) is 4.74 Å². The predicted molar refractivity (Wildman–Crippen MR) is 65.6 cm³/mol. The van der Waals surface area contributed by atoms with Gasteiger partial charge in [0.05, 0.1) is 6.61 Å². The molecule has 1 fully saturated rings. The molecule has 0 N–H and O–H groups in total. The maximum absolute atomic E-state index is 11.6. The summed E-state index contributed by atoms with van der Waals surface area (Å²) in [4.78, 5) is 35.5. The van der Waals surface area contributed by atoms with Gasteiger partial charge in [0.25, 0.3) is 0 Å². The van der Waals surface area contributed by atoms with Crippen molar-refractivity contribution in [2.75, 3.05) is 13.2 Å². The fraction of sp³-hybridized carbons (Fsp3) is 0.769. The second-order valence-corrected chi connectivity index (χ2v) is 4.60. The highest BCUT2D eigenvalue weighted by Gasteiger charge is 2.34. The van der Waals surface area contributed by atoms with E-state index >= 15 is 0 Å². The van der Waals surface area contributed by atoms with Crippen LogP contribution in [0.5, 0.6) is 0 Å². The maximum atomic E-state index is 11.6. The monoisotopic (exact) mass is 255 g/mol. The average Bonchev–Trinajstić information content (AvgIpc) is 2.55. The third-order valence-corrected chi connectivity index (χ3v) is 3.04. The van der Waals surface area contributed by atoms with Gasteiger partial charge in [0.1, 0.15) is 0 Å². The van der Waals surface area contributed by atoms with Crippen molar-refractivity contribution in [1.82, 2.24) is 4.90 Å². The van der Waals surface area contributed by atoms with E-state index < -0.39 is 0 Å². The maximum Gasteiger partial charge on any atom is 0.305 e. The van der Waals surface area contributed by atoms with Crippen molar-refractivity contribution in [3.63, 3.8) is 0 Å². The van der Waals surface area contributed by atoms with Gasteiger partial charge in [0.15, 0.2) is 0 Å². The summed E-state index contributed by atoms with van der Waals surface area (Å²) in [5.74, 6) is -0.486. The molecule has 2 amide bonds. The van der Waals surface area contributed by atoms with Crippen LogP contribution in [0.15, 0.2) is 0 Å². The quantitative estimate of drug-likeness (QED) is 0.393. The first kappa shape index (κ1) is 14.7. The third-order valence-electron chi connectivity index (χ3n) is 3.04. The zero-order valence-corrected chi connectivity index (χ0v) is 11.1. The normalized spacial score (nSPS) is 19.4. The highest BCUT2D eigenvalue weighted by Crippen LogP contribution is 2.19. The van der Waals surface area contributed by atoms with Crippen LogP contribution in [-0.2, 0) is 19.1 Å². The largest absolute Gasteiger partial charge is 0.466 e. The molecule has 0 aromatic carbocycles. The van der Waals surface area contributed by atoms with E-state index in [1.807, 2.05) is 0 Å². The molecule has 1 unspecified atom stereocenters. The van der Waals surface area contributed by atoms with Gasteiger partial charge < -0.3 is 4.74 Å². The number of rotatable bonds is 7. The van der Waals surface area contributed by atoms with Gasteiger partial charge in [-0.05, 0) is 19.8 Å². The van der Waals surface area contributed by atoms with E-state index in [1.54, 1.807) is 13.8 Å². The molecule has 0 aliphatic carbocycles. The lowest BCUT2D eigenvalue weighted by Crippen LogP contribution is -2.31. The first-order chi connectivity index (χ1) is 8.56. The highest BCUT2D eigenvalue weighted by molar-refractivity contribution is 6.03. The number of imide groups is 1. The Balaban J connectivity index is 2.13. The number of unbranched alkanes of at least 4 members (excludes halogenated alkanes) is 2. The molecule has 5 heteroatoms. The molecular weight excluding hydrogens is 234 g/mol. The standard InChI is InChI=1S/C13H21NO4/c1-3-18-12(16)7-5-4-6-8-14-11(15)9-10(2)13(14)17/h10H,3-9H2,1-2H3. The smallest absolute Gasteiger partial charge is 0.305 e. The zero-order valence-electron chi connectivity index (χ0n) is 11.1. The molecule has 102 valence electrons. The molecule has 1 saturated heterocycles. The Kier molecular flexibility index (Phi) is 5.82. The summed E-state index contributed by atoms with van der Waals surface area (Å²) in [6, 6.07) is 0. The Hall–Kier alpha value is -1.39. The topological polar surface area (TPSA) is 63.7 Å². The molecule has 1 aliphatic heterocycles. The Morgan fingerprint density at radius 1 is 1.33 bits per heavy atom. The van der Waals surface area contributed by atoms with Gasteiger partial charge in [-0.1, -0.05) is 13.3 Å². The van der Waals surface area contributed by atoms with Crippen LogP contribution in [0.2, 0.25) is 0 Å². The van der Waals surface area contributed by atoms with Crippen molar-refractivity contribution < 1.29 is 19.1 Å². The van der Waals surface area contributed by atoms with Crippen LogP contribution >= 0.6 is 0 Å². The number of nitrogens with zero attached hydrogens (tertiary/aromatic N) is 1. The van der Waals surface area contributed by atoms with Crippen molar-refractivity contribution in [3.05, 3.63) is 0 Å². The lowest BCUT2D eigenvalue weighted by molar-refractivity contribution is -0.143. The van der Waals surface area contributed by atoms with E-state index in [9.17, 15) is 14.4 Å². The number of likely N-dealkylation sites (tertiary alicyclic amines) is 1. The molecule has 0 saturated carbocycles. The minimum Gasteiger partial charge on any atom is -0.466 e. The van der Waals surface area contributed by atoms with Crippen molar-refractivity contribution in [3.8, 4) is 0 Å². The number of hydrogen-bond donors (Lipinski definition) is 0. The van der Waals surface area contributed by atoms with Gasteiger partial charge in [-0.3, -0.25) is 19.3 Å². The predicted octanol–water partition coefficient (Wildman–Crippen LogP) is 1.50. The summed E-state index contributed by atoms with van der Waals surface area (Å²) in [7, 11) is 0. The molecule has 18 heavy (non-hydrogen) atoms. The van der Waals surface area contributed by atoms with Gasteiger partial charge in [-0.2, -0.15) is 0 Å². The van der Waals surface area contributed by atoms with Crippen molar-refractivity contribution in [2.45, 2.75) is 46.0 Å². The highest BCUT2D eigenvalue weighted by atomic mass is 16.5. The van der Waals surface area contributed by atoms with Crippen molar-refractivity contribution in [2.24, 2.45) is 5.92 Å². The number of ether oxygens (including phenoxy) is 1. The summed E-state index contributed by atoms with van der Waals surface area (Å²) in [6.07, 6.45) is 3.06. The molecule has 5 nitrogen and oxygen atoms in total.